The van der Waals surface area contributed by atoms with Gasteiger partial charge in [-0.2, -0.15) is 0 Å². The summed E-state index contributed by atoms with van der Waals surface area (Å²) in [6.07, 6.45) is 2.31. The summed E-state index contributed by atoms with van der Waals surface area (Å²) < 4.78 is 12.7. The number of carbonyl (C=O) groups excluding carboxylic acids is 1. The number of rotatable bonds is 12. The van der Waals surface area contributed by atoms with Gasteiger partial charge in [-0.25, -0.2) is 0 Å². The largest absolute Gasteiger partial charge is 0.417 e. The van der Waals surface area contributed by atoms with E-state index in [-0.39, 0.29) is 6.10 Å². The number of carbonyl (C=O) groups is 1. The summed E-state index contributed by atoms with van der Waals surface area (Å²) in [7, 11) is -3.26. The zero-order chi connectivity index (χ0) is 18.3. The van der Waals surface area contributed by atoms with Gasteiger partial charge in [0.1, 0.15) is 5.78 Å². The van der Waals surface area contributed by atoms with Gasteiger partial charge >= 0.3 is 0 Å². The maximum absolute atomic E-state index is 12.6. The minimum atomic E-state index is -1.72. The predicted molar refractivity (Wildman–Crippen MR) is 105 cm³/mol. The average Bonchev–Trinajstić information content (AvgIpc) is 2.46. The summed E-state index contributed by atoms with van der Waals surface area (Å²) in [5.41, 5.74) is -0.434. The van der Waals surface area contributed by atoms with Crippen LogP contribution in [0.3, 0.4) is 0 Å². The molecule has 0 saturated carbocycles. The second kappa shape index (κ2) is 9.49. The van der Waals surface area contributed by atoms with E-state index in [1.54, 1.807) is 0 Å². The minimum absolute atomic E-state index is 0.0372. The standard InChI is InChI=1S/C18H40O3Si2/c1-10-13-16(19)18(4,5)17(21-23(8,9)12-3)14-15-20-22(6,7)11-2/h17H,10-15H2,1-9H3. The first-order chi connectivity index (χ1) is 10.4. The third-order valence-electron chi connectivity index (χ3n) is 5.04. The molecule has 138 valence electrons. The highest BCUT2D eigenvalue weighted by atomic mass is 28.4. The fraction of sp³-hybridized carbons (Fsp3) is 0.944. The first kappa shape index (κ1) is 23.0. The predicted octanol–water partition coefficient (Wildman–Crippen LogP) is 5.62. The van der Waals surface area contributed by atoms with Crippen molar-refractivity contribution in [2.75, 3.05) is 6.61 Å². The van der Waals surface area contributed by atoms with Crippen molar-refractivity contribution in [3.63, 3.8) is 0 Å². The lowest BCUT2D eigenvalue weighted by atomic mass is 9.79. The molecule has 0 radical (unpaired) electrons. The topological polar surface area (TPSA) is 35.5 Å². The quantitative estimate of drug-likeness (QED) is 0.423. The lowest BCUT2D eigenvalue weighted by molar-refractivity contribution is -0.132. The zero-order valence-electron chi connectivity index (χ0n) is 17.0. The average molecular weight is 361 g/mol. The molecule has 1 atom stereocenters. The molecule has 23 heavy (non-hydrogen) atoms. The SMILES string of the molecule is CCCC(=O)C(C)(C)C(CCO[Si](C)(C)CC)O[Si](C)(C)CC. The van der Waals surface area contributed by atoms with Crippen molar-refractivity contribution >= 4 is 22.4 Å². The van der Waals surface area contributed by atoms with Crippen LogP contribution in [0.15, 0.2) is 0 Å². The molecule has 0 amide bonds. The second-order valence-corrected chi connectivity index (χ2v) is 17.3. The summed E-state index contributed by atoms with van der Waals surface area (Å²) in [6.45, 7) is 20.2. The first-order valence-electron chi connectivity index (χ1n) is 9.27. The number of ketones is 1. The molecule has 0 saturated heterocycles. The van der Waals surface area contributed by atoms with Crippen LogP contribution in [0.2, 0.25) is 38.3 Å². The van der Waals surface area contributed by atoms with Gasteiger partial charge in [-0.3, -0.25) is 4.79 Å². The molecule has 0 aliphatic carbocycles. The van der Waals surface area contributed by atoms with Crippen molar-refractivity contribution in [2.45, 2.75) is 98.3 Å². The van der Waals surface area contributed by atoms with E-state index in [1.165, 1.54) is 0 Å². The van der Waals surface area contributed by atoms with Gasteiger partial charge in [0.05, 0.1) is 6.10 Å². The molecule has 0 aromatic heterocycles. The molecule has 0 N–H and O–H groups in total. The van der Waals surface area contributed by atoms with Crippen molar-refractivity contribution < 1.29 is 13.6 Å². The Hall–Kier alpha value is 0.0238. The third kappa shape index (κ3) is 8.10. The van der Waals surface area contributed by atoms with Gasteiger partial charge in [-0.15, -0.1) is 0 Å². The Labute approximate surface area is 146 Å². The van der Waals surface area contributed by atoms with E-state index < -0.39 is 22.0 Å². The molecule has 0 aromatic rings. The van der Waals surface area contributed by atoms with Crippen molar-refractivity contribution in [3.05, 3.63) is 0 Å². The van der Waals surface area contributed by atoms with Crippen molar-refractivity contribution in [2.24, 2.45) is 5.41 Å². The van der Waals surface area contributed by atoms with Crippen molar-refractivity contribution in [1.82, 2.24) is 0 Å². The smallest absolute Gasteiger partial charge is 0.186 e. The van der Waals surface area contributed by atoms with Gasteiger partial charge in [0.15, 0.2) is 16.6 Å². The summed E-state index contributed by atoms with van der Waals surface area (Å²) in [4.78, 5) is 12.6. The fourth-order valence-electron chi connectivity index (χ4n) is 2.31. The maximum Gasteiger partial charge on any atom is 0.186 e. The molecule has 0 aliphatic rings. The van der Waals surface area contributed by atoms with E-state index in [0.29, 0.717) is 18.8 Å². The normalized spacial score (nSPS) is 14.8. The molecule has 0 bridgehead atoms. The van der Waals surface area contributed by atoms with Crippen LogP contribution < -0.4 is 0 Å². The maximum atomic E-state index is 12.6. The molecule has 3 nitrogen and oxygen atoms in total. The molecular weight excluding hydrogens is 320 g/mol. The van der Waals surface area contributed by atoms with Gasteiger partial charge in [-0.05, 0) is 51.1 Å². The Morgan fingerprint density at radius 3 is 1.96 bits per heavy atom. The van der Waals surface area contributed by atoms with Crippen LogP contribution >= 0.6 is 0 Å². The van der Waals surface area contributed by atoms with Crippen LogP contribution in [0.1, 0.15) is 53.9 Å². The molecule has 1 unspecified atom stereocenters. The summed E-state index contributed by atoms with van der Waals surface area (Å²) in [5, 5.41) is 0. The summed E-state index contributed by atoms with van der Waals surface area (Å²) in [6, 6.07) is 2.18. The van der Waals surface area contributed by atoms with Crippen LogP contribution in [0, 0.1) is 5.41 Å². The second-order valence-electron chi connectivity index (χ2n) is 8.36. The van der Waals surface area contributed by atoms with Gasteiger partial charge in [0.2, 0.25) is 0 Å². The number of hydrogen-bond acceptors (Lipinski definition) is 3. The lowest BCUT2D eigenvalue weighted by Gasteiger charge is -2.39. The van der Waals surface area contributed by atoms with E-state index in [9.17, 15) is 4.79 Å². The van der Waals surface area contributed by atoms with Crippen LogP contribution in [-0.2, 0) is 13.6 Å². The molecule has 0 aromatic carbocycles. The molecule has 0 spiro atoms. The highest BCUT2D eigenvalue weighted by Gasteiger charge is 2.39. The van der Waals surface area contributed by atoms with Crippen LogP contribution in [0.5, 0.6) is 0 Å². The van der Waals surface area contributed by atoms with E-state index in [0.717, 1.165) is 24.9 Å². The highest BCUT2D eigenvalue weighted by Crippen LogP contribution is 2.32. The van der Waals surface area contributed by atoms with Gasteiger partial charge < -0.3 is 8.85 Å². The van der Waals surface area contributed by atoms with Crippen LogP contribution in [0.4, 0.5) is 0 Å². The molecule has 5 heteroatoms. The van der Waals surface area contributed by atoms with Crippen LogP contribution in [-0.4, -0.2) is 35.1 Å². The van der Waals surface area contributed by atoms with Crippen molar-refractivity contribution in [1.29, 1.82) is 0 Å². The monoisotopic (exact) mass is 360 g/mol. The summed E-state index contributed by atoms with van der Waals surface area (Å²) in [5.74, 6) is 0.317. The molecule has 0 heterocycles. The summed E-state index contributed by atoms with van der Waals surface area (Å²) >= 11 is 0. The Balaban J connectivity index is 5.05. The molecule has 0 rings (SSSR count). The first-order valence-corrected chi connectivity index (χ1v) is 15.5. The Kier molecular flexibility index (Phi) is 9.50. The van der Waals surface area contributed by atoms with Gasteiger partial charge in [0, 0.05) is 18.4 Å². The minimum Gasteiger partial charge on any atom is -0.417 e. The van der Waals surface area contributed by atoms with Crippen molar-refractivity contribution in [3.8, 4) is 0 Å². The number of hydrogen-bond donors (Lipinski definition) is 0. The van der Waals surface area contributed by atoms with Crippen LogP contribution in [0.25, 0.3) is 0 Å². The van der Waals surface area contributed by atoms with E-state index in [2.05, 4.69) is 60.8 Å². The van der Waals surface area contributed by atoms with E-state index in [4.69, 9.17) is 8.85 Å². The van der Waals surface area contributed by atoms with E-state index in [1.807, 2.05) is 0 Å². The lowest BCUT2D eigenvalue weighted by Crippen LogP contribution is -2.46. The fourth-order valence-corrected chi connectivity index (χ4v) is 4.53. The van der Waals surface area contributed by atoms with Gasteiger partial charge in [0.25, 0.3) is 0 Å². The molecule has 0 fully saturated rings. The van der Waals surface area contributed by atoms with Gasteiger partial charge in [-0.1, -0.05) is 34.6 Å². The Bertz CT molecular complexity index is 365. The Morgan fingerprint density at radius 2 is 1.52 bits per heavy atom. The molecular formula is C18H40O3Si2. The highest BCUT2D eigenvalue weighted by molar-refractivity contribution is 6.71. The molecule has 0 aliphatic heterocycles. The van der Waals surface area contributed by atoms with E-state index >= 15 is 0 Å². The zero-order valence-corrected chi connectivity index (χ0v) is 19.0. The Morgan fingerprint density at radius 1 is 1.00 bits per heavy atom. The third-order valence-corrected chi connectivity index (χ3v) is 10.4. The number of Topliss-reactive ketones (excluding diaryl/α,β-unsaturated/α-hetero) is 1.